The van der Waals surface area contributed by atoms with Gasteiger partial charge in [-0.1, -0.05) is 6.92 Å². The summed E-state index contributed by atoms with van der Waals surface area (Å²) in [6, 6.07) is 7.12. The van der Waals surface area contributed by atoms with Crippen molar-refractivity contribution in [3.8, 4) is 28.4 Å². The summed E-state index contributed by atoms with van der Waals surface area (Å²) >= 11 is 0. The van der Waals surface area contributed by atoms with Crippen molar-refractivity contribution >= 4 is 0 Å². The molecule has 1 heterocycles. The number of fused-ring (bicyclic) bond motifs is 3. The number of benzene rings is 2. The van der Waals surface area contributed by atoms with E-state index in [4.69, 9.17) is 4.74 Å². The van der Waals surface area contributed by atoms with Gasteiger partial charge in [-0.3, -0.25) is 0 Å². The van der Waals surface area contributed by atoms with Crippen LogP contribution in [0.15, 0.2) is 24.3 Å². The smallest absolute Gasteiger partial charge is 0.134 e. The molecule has 1 aliphatic heterocycles. The molecule has 2 aromatic rings. The minimum Gasteiger partial charge on any atom is -0.508 e. The van der Waals surface area contributed by atoms with Crippen molar-refractivity contribution in [3.63, 3.8) is 0 Å². The Labute approximate surface area is 118 Å². The lowest BCUT2D eigenvalue weighted by Crippen LogP contribution is -2.15. The molecule has 1 atom stereocenters. The van der Waals surface area contributed by atoms with Crippen LogP contribution in [0.25, 0.3) is 11.1 Å². The van der Waals surface area contributed by atoms with Crippen LogP contribution in [0.4, 0.5) is 0 Å². The van der Waals surface area contributed by atoms with E-state index in [-0.39, 0.29) is 17.6 Å². The van der Waals surface area contributed by atoms with E-state index in [9.17, 15) is 10.2 Å². The summed E-state index contributed by atoms with van der Waals surface area (Å²) in [4.78, 5) is 0. The highest BCUT2D eigenvalue weighted by atomic mass is 16.5. The highest BCUT2D eigenvalue weighted by molar-refractivity contribution is 5.81. The molecule has 0 saturated heterocycles. The molecule has 0 spiro atoms. The molecule has 3 rings (SSSR count). The molecule has 20 heavy (non-hydrogen) atoms. The van der Waals surface area contributed by atoms with Crippen molar-refractivity contribution in [2.45, 2.75) is 33.3 Å². The fraction of sp³-hybridized carbons (Fsp3) is 0.294. The van der Waals surface area contributed by atoms with Crippen molar-refractivity contribution in [2.75, 3.05) is 0 Å². The first kappa shape index (κ1) is 12.9. The van der Waals surface area contributed by atoms with Crippen molar-refractivity contribution in [1.82, 2.24) is 0 Å². The Morgan fingerprint density at radius 2 is 1.90 bits per heavy atom. The second-order valence-electron chi connectivity index (χ2n) is 5.33. The fourth-order valence-corrected chi connectivity index (χ4v) is 2.96. The summed E-state index contributed by atoms with van der Waals surface area (Å²) in [5.74, 6) is 1.26. The quantitative estimate of drug-likeness (QED) is 0.815. The van der Waals surface area contributed by atoms with Gasteiger partial charge in [0.25, 0.3) is 0 Å². The van der Waals surface area contributed by atoms with Crippen LogP contribution in [0, 0.1) is 13.8 Å². The number of aryl methyl sites for hydroxylation is 1. The molecule has 0 radical (unpaired) electrons. The monoisotopic (exact) mass is 270 g/mol. The van der Waals surface area contributed by atoms with E-state index >= 15 is 0 Å². The first-order valence-electron chi connectivity index (χ1n) is 6.86. The molecule has 0 aromatic heterocycles. The Morgan fingerprint density at radius 1 is 1.15 bits per heavy atom. The first-order chi connectivity index (χ1) is 9.52. The van der Waals surface area contributed by atoms with E-state index < -0.39 is 0 Å². The van der Waals surface area contributed by atoms with E-state index in [2.05, 4.69) is 6.92 Å². The Balaban J connectivity index is 2.35. The third-order valence-corrected chi connectivity index (χ3v) is 3.98. The summed E-state index contributed by atoms with van der Waals surface area (Å²) in [6.45, 7) is 5.90. The fourth-order valence-electron chi connectivity index (χ4n) is 2.96. The second-order valence-corrected chi connectivity index (χ2v) is 5.33. The zero-order chi connectivity index (χ0) is 14.4. The summed E-state index contributed by atoms with van der Waals surface area (Å²) in [5, 5.41) is 19.7. The molecule has 0 amide bonds. The largest absolute Gasteiger partial charge is 0.508 e. The Hall–Kier alpha value is -2.16. The molecule has 3 nitrogen and oxygen atoms in total. The lowest BCUT2D eigenvalue weighted by Gasteiger charge is -2.30. The van der Waals surface area contributed by atoms with E-state index in [1.807, 2.05) is 19.9 Å². The van der Waals surface area contributed by atoms with Gasteiger partial charge >= 0.3 is 0 Å². The summed E-state index contributed by atoms with van der Waals surface area (Å²) < 4.78 is 6.06. The van der Waals surface area contributed by atoms with Crippen molar-refractivity contribution in [1.29, 1.82) is 0 Å². The molecular formula is C17H18O3. The SMILES string of the molecule is CCC1Oc2c(ccc(O)c2C)-c2c(C)cc(O)cc21. The van der Waals surface area contributed by atoms with Gasteiger partial charge in [-0.05, 0) is 55.7 Å². The molecule has 0 fully saturated rings. The van der Waals surface area contributed by atoms with Gasteiger partial charge in [-0.2, -0.15) is 0 Å². The van der Waals surface area contributed by atoms with Gasteiger partial charge in [0.1, 0.15) is 23.4 Å². The lowest BCUT2D eigenvalue weighted by atomic mass is 9.87. The third-order valence-electron chi connectivity index (χ3n) is 3.98. The van der Waals surface area contributed by atoms with Crippen molar-refractivity contribution in [3.05, 3.63) is 41.0 Å². The van der Waals surface area contributed by atoms with Crippen LogP contribution >= 0.6 is 0 Å². The number of rotatable bonds is 1. The van der Waals surface area contributed by atoms with Gasteiger partial charge in [-0.15, -0.1) is 0 Å². The van der Waals surface area contributed by atoms with Crippen molar-refractivity contribution in [2.24, 2.45) is 0 Å². The summed E-state index contributed by atoms with van der Waals surface area (Å²) in [7, 11) is 0. The summed E-state index contributed by atoms with van der Waals surface area (Å²) in [5.41, 5.74) is 4.89. The van der Waals surface area contributed by atoms with E-state index in [1.165, 1.54) is 0 Å². The predicted molar refractivity (Wildman–Crippen MR) is 78.3 cm³/mol. The molecular weight excluding hydrogens is 252 g/mol. The molecule has 0 bridgehead atoms. The number of hydrogen-bond donors (Lipinski definition) is 2. The zero-order valence-electron chi connectivity index (χ0n) is 11.9. The van der Waals surface area contributed by atoms with E-state index in [1.54, 1.807) is 18.2 Å². The Kier molecular flexibility index (Phi) is 2.85. The van der Waals surface area contributed by atoms with Gasteiger partial charge in [0.2, 0.25) is 0 Å². The standard InChI is InChI=1S/C17H18O3/c1-4-15-13-8-11(18)7-9(2)16(13)12-5-6-14(19)10(3)17(12)20-15/h5-8,15,18-19H,4H2,1-3H3. The maximum atomic E-state index is 9.88. The number of ether oxygens (including phenoxy) is 1. The second kappa shape index (κ2) is 4.44. The molecule has 1 unspecified atom stereocenters. The van der Waals surface area contributed by atoms with Crippen LogP contribution in [-0.2, 0) is 0 Å². The van der Waals surface area contributed by atoms with Gasteiger partial charge in [0.05, 0.1) is 0 Å². The number of aromatic hydroxyl groups is 2. The molecule has 104 valence electrons. The zero-order valence-corrected chi connectivity index (χ0v) is 11.9. The molecule has 0 saturated carbocycles. The Morgan fingerprint density at radius 3 is 2.60 bits per heavy atom. The number of hydrogen-bond acceptors (Lipinski definition) is 3. The minimum absolute atomic E-state index is 0.0937. The Bertz CT molecular complexity index is 689. The van der Waals surface area contributed by atoms with Gasteiger partial charge in [0.15, 0.2) is 0 Å². The number of phenolic OH excluding ortho intramolecular Hbond substituents is 2. The average molecular weight is 270 g/mol. The molecule has 0 aliphatic carbocycles. The molecule has 2 aromatic carbocycles. The van der Waals surface area contributed by atoms with Crippen LogP contribution in [0.2, 0.25) is 0 Å². The van der Waals surface area contributed by atoms with Crippen LogP contribution in [0.1, 0.15) is 36.1 Å². The van der Waals surface area contributed by atoms with E-state index in [0.717, 1.165) is 40.0 Å². The van der Waals surface area contributed by atoms with Gasteiger partial charge < -0.3 is 14.9 Å². The normalized spacial score (nSPS) is 16.2. The first-order valence-corrected chi connectivity index (χ1v) is 6.86. The predicted octanol–water partition coefficient (Wildman–Crippen LogP) is 4.23. The third kappa shape index (κ3) is 1.73. The van der Waals surface area contributed by atoms with Crippen LogP contribution in [0.3, 0.4) is 0 Å². The molecule has 3 heteroatoms. The van der Waals surface area contributed by atoms with E-state index in [0.29, 0.717) is 0 Å². The number of phenols is 2. The topological polar surface area (TPSA) is 49.7 Å². The van der Waals surface area contributed by atoms with Gasteiger partial charge in [-0.25, -0.2) is 0 Å². The van der Waals surface area contributed by atoms with Crippen molar-refractivity contribution < 1.29 is 14.9 Å². The highest BCUT2D eigenvalue weighted by Gasteiger charge is 2.28. The molecule has 2 N–H and O–H groups in total. The summed E-state index contributed by atoms with van der Waals surface area (Å²) in [6.07, 6.45) is 0.716. The maximum Gasteiger partial charge on any atom is 0.134 e. The average Bonchev–Trinajstić information content (AvgIpc) is 2.41. The van der Waals surface area contributed by atoms with Crippen LogP contribution in [-0.4, -0.2) is 10.2 Å². The molecule has 1 aliphatic rings. The van der Waals surface area contributed by atoms with Gasteiger partial charge in [0, 0.05) is 16.7 Å². The van der Waals surface area contributed by atoms with Crippen LogP contribution in [0.5, 0.6) is 17.2 Å². The lowest BCUT2D eigenvalue weighted by molar-refractivity contribution is 0.195. The minimum atomic E-state index is -0.0937. The maximum absolute atomic E-state index is 9.88. The van der Waals surface area contributed by atoms with Crippen LogP contribution < -0.4 is 4.74 Å². The highest BCUT2D eigenvalue weighted by Crippen LogP contribution is 2.49.